The number of hydrogen-bond donors (Lipinski definition) is 2. The Morgan fingerprint density at radius 1 is 1.47 bits per heavy atom. The molecule has 0 aromatic heterocycles. The van der Waals surface area contributed by atoms with E-state index in [4.69, 9.17) is 4.74 Å². The number of carbonyl (C=O) groups excluding carboxylic acids is 1. The number of nitrogens with one attached hydrogen (secondary N) is 2. The highest BCUT2D eigenvalue weighted by Crippen LogP contribution is 2.24. The van der Waals surface area contributed by atoms with Crippen LogP contribution in [0.15, 0.2) is 12.2 Å². The first kappa shape index (κ1) is 14.0. The Labute approximate surface area is 104 Å². The second-order valence-corrected chi connectivity index (χ2v) is 4.92. The van der Waals surface area contributed by atoms with Gasteiger partial charge in [0.05, 0.1) is 13.2 Å². The van der Waals surface area contributed by atoms with Crippen molar-refractivity contribution in [2.45, 2.75) is 39.2 Å². The fourth-order valence-electron chi connectivity index (χ4n) is 2.06. The van der Waals surface area contributed by atoms with Crippen LogP contribution in [0.1, 0.15) is 33.1 Å². The molecule has 1 aliphatic rings. The van der Waals surface area contributed by atoms with Crippen molar-refractivity contribution in [1.29, 1.82) is 0 Å². The minimum absolute atomic E-state index is 0.0809. The first-order valence-electron chi connectivity index (χ1n) is 6.36. The molecule has 1 rings (SSSR count). The highest BCUT2D eigenvalue weighted by molar-refractivity contribution is 5.74. The van der Waals surface area contributed by atoms with Crippen LogP contribution in [0.5, 0.6) is 0 Å². The first-order valence-corrected chi connectivity index (χ1v) is 6.36. The molecular weight excluding hydrogens is 216 g/mol. The van der Waals surface area contributed by atoms with E-state index in [1.807, 2.05) is 6.92 Å². The quantitative estimate of drug-likeness (QED) is 0.551. The lowest BCUT2D eigenvalue weighted by atomic mass is 10.1. The van der Waals surface area contributed by atoms with Gasteiger partial charge < -0.3 is 15.4 Å². The van der Waals surface area contributed by atoms with Crippen LogP contribution in [-0.4, -0.2) is 31.8 Å². The lowest BCUT2D eigenvalue weighted by Gasteiger charge is -2.17. The Morgan fingerprint density at radius 2 is 2.24 bits per heavy atom. The van der Waals surface area contributed by atoms with E-state index in [-0.39, 0.29) is 6.03 Å². The summed E-state index contributed by atoms with van der Waals surface area (Å²) >= 11 is 0. The van der Waals surface area contributed by atoms with Crippen molar-refractivity contribution in [3.8, 4) is 0 Å². The number of hydrogen-bond acceptors (Lipinski definition) is 2. The second-order valence-electron chi connectivity index (χ2n) is 4.92. The predicted octanol–water partition coefficient (Wildman–Crippen LogP) is 2.07. The van der Waals surface area contributed by atoms with Gasteiger partial charge in [-0.1, -0.05) is 25.5 Å². The standard InChI is InChI=1S/C13H24N2O2/c1-10(2)9-17-8-7-14-13(16)15-12-6-4-5-11(12)3/h11-12H,1,4-9H2,2-3H3,(H2,14,15,16). The summed E-state index contributed by atoms with van der Waals surface area (Å²) in [5.41, 5.74) is 0.995. The smallest absolute Gasteiger partial charge is 0.315 e. The van der Waals surface area contributed by atoms with Crippen molar-refractivity contribution < 1.29 is 9.53 Å². The lowest BCUT2D eigenvalue weighted by molar-refractivity contribution is 0.157. The van der Waals surface area contributed by atoms with Crippen LogP contribution in [-0.2, 0) is 4.74 Å². The van der Waals surface area contributed by atoms with Gasteiger partial charge in [-0.25, -0.2) is 4.79 Å². The third kappa shape index (κ3) is 5.73. The lowest BCUT2D eigenvalue weighted by Crippen LogP contribution is -2.44. The van der Waals surface area contributed by atoms with Crippen molar-refractivity contribution in [2.24, 2.45) is 5.92 Å². The van der Waals surface area contributed by atoms with Gasteiger partial charge in [0.25, 0.3) is 0 Å². The molecule has 0 saturated heterocycles. The highest BCUT2D eigenvalue weighted by Gasteiger charge is 2.24. The molecule has 1 aliphatic carbocycles. The van der Waals surface area contributed by atoms with Crippen LogP contribution in [0.3, 0.4) is 0 Å². The molecule has 4 heteroatoms. The van der Waals surface area contributed by atoms with Gasteiger partial charge >= 0.3 is 6.03 Å². The summed E-state index contributed by atoms with van der Waals surface area (Å²) in [4.78, 5) is 11.5. The molecule has 0 bridgehead atoms. The van der Waals surface area contributed by atoms with Gasteiger partial charge in [0, 0.05) is 12.6 Å². The zero-order valence-corrected chi connectivity index (χ0v) is 10.9. The Kier molecular flexibility index (Phi) is 6.05. The van der Waals surface area contributed by atoms with Crippen LogP contribution in [0.2, 0.25) is 0 Å². The number of urea groups is 1. The first-order chi connectivity index (χ1) is 8.09. The van der Waals surface area contributed by atoms with E-state index in [2.05, 4.69) is 24.1 Å². The SMILES string of the molecule is C=C(C)COCCNC(=O)NC1CCCC1C. The summed E-state index contributed by atoms with van der Waals surface area (Å²) in [7, 11) is 0. The third-order valence-corrected chi connectivity index (χ3v) is 3.06. The van der Waals surface area contributed by atoms with Crippen LogP contribution < -0.4 is 10.6 Å². The molecule has 17 heavy (non-hydrogen) atoms. The summed E-state index contributed by atoms with van der Waals surface area (Å²) in [5, 5.41) is 5.80. The molecule has 0 radical (unpaired) electrons. The molecule has 0 spiro atoms. The molecule has 4 nitrogen and oxygen atoms in total. The number of carbonyl (C=O) groups is 1. The fourth-order valence-corrected chi connectivity index (χ4v) is 2.06. The fraction of sp³-hybridized carbons (Fsp3) is 0.769. The molecule has 0 heterocycles. The summed E-state index contributed by atoms with van der Waals surface area (Å²) in [6, 6.07) is 0.258. The highest BCUT2D eigenvalue weighted by atomic mass is 16.5. The van der Waals surface area contributed by atoms with Gasteiger partial charge in [0.1, 0.15) is 0 Å². The van der Waals surface area contributed by atoms with E-state index >= 15 is 0 Å². The molecule has 0 aromatic rings. The van der Waals surface area contributed by atoms with Gasteiger partial charge in [-0.2, -0.15) is 0 Å². The molecule has 0 aliphatic heterocycles. The maximum absolute atomic E-state index is 11.5. The summed E-state index contributed by atoms with van der Waals surface area (Å²) in [6.45, 7) is 9.48. The van der Waals surface area contributed by atoms with Gasteiger partial charge in [0.2, 0.25) is 0 Å². The van der Waals surface area contributed by atoms with E-state index in [1.165, 1.54) is 12.8 Å². The number of ether oxygens (including phenoxy) is 1. The van der Waals surface area contributed by atoms with E-state index in [9.17, 15) is 4.79 Å². The zero-order valence-electron chi connectivity index (χ0n) is 10.9. The van der Waals surface area contributed by atoms with Crippen LogP contribution in [0.4, 0.5) is 4.79 Å². The predicted molar refractivity (Wildman–Crippen MR) is 69.0 cm³/mol. The molecule has 2 unspecified atom stereocenters. The van der Waals surface area contributed by atoms with Gasteiger partial charge in [0.15, 0.2) is 0 Å². The topological polar surface area (TPSA) is 50.4 Å². The van der Waals surface area contributed by atoms with Crippen LogP contribution in [0, 0.1) is 5.92 Å². The van der Waals surface area contributed by atoms with E-state index < -0.39 is 0 Å². The second kappa shape index (κ2) is 7.33. The molecule has 1 fully saturated rings. The maximum atomic E-state index is 11.5. The summed E-state index contributed by atoms with van der Waals surface area (Å²) in [5.74, 6) is 0.598. The van der Waals surface area contributed by atoms with Crippen molar-refractivity contribution in [3.63, 3.8) is 0 Å². The summed E-state index contributed by atoms with van der Waals surface area (Å²) < 4.78 is 5.29. The van der Waals surface area contributed by atoms with Crippen molar-refractivity contribution in [1.82, 2.24) is 10.6 Å². The van der Waals surface area contributed by atoms with Crippen LogP contribution in [0.25, 0.3) is 0 Å². The molecule has 98 valence electrons. The molecule has 2 atom stereocenters. The monoisotopic (exact) mass is 240 g/mol. The van der Waals surface area contributed by atoms with Gasteiger partial charge in [-0.05, 0) is 25.7 Å². The van der Waals surface area contributed by atoms with E-state index in [0.29, 0.717) is 31.7 Å². The average Bonchev–Trinajstić information content (AvgIpc) is 2.63. The molecule has 2 amide bonds. The Morgan fingerprint density at radius 3 is 2.82 bits per heavy atom. The average molecular weight is 240 g/mol. The maximum Gasteiger partial charge on any atom is 0.315 e. The molecular formula is C13H24N2O2. The minimum atomic E-state index is -0.0809. The largest absolute Gasteiger partial charge is 0.375 e. The van der Waals surface area contributed by atoms with Gasteiger partial charge in [-0.15, -0.1) is 0 Å². The Hall–Kier alpha value is -1.03. The molecule has 1 saturated carbocycles. The molecule has 2 N–H and O–H groups in total. The van der Waals surface area contributed by atoms with E-state index in [1.54, 1.807) is 0 Å². The molecule has 0 aromatic carbocycles. The third-order valence-electron chi connectivity index (χ3n) is 3.06. The van der Waals surface area contributed by atoms with Gasteiger partial charge in [-0.3, -0.25) is 0 Å². The van der Waals surface area contributed by atoms with Crippen molar-refractivity contribution in [3.05, 3.63) is 12.2 Å². The normalized spacial score (nSPS) is 23.4. The summed E-state index contributed by atoms with van der Waals surface area (Å²) in [6.07, 6.45) is 3.53. The Bertz CT molecular complexity index is 266. The van der Waals surface area contributed by atoms with Crippen molar-refractivity contribution in [2.75, 3.05) is 19.8 Å². The Balaban J connectivity index is 2.03. The minimum Gasteiger partial charge on any atom is -0.375 e. The number of rotatable bonds is 6. The van der Waals surface area contributed by atoms with E-state index in [0.717, 1.165) is 12.0 Å². The van der Waals surface area contributed by atoms with Crippen LogP contribution >= 0.6 is 0 Å². The number of amides is 2. The zero-order chi connectivity index (χ0) is 12.7. The van der Waals surface area contributed by atoms with Crippen molar-refractivity contribution >= 4 is 6.03 Å².